The fourth-order valence-electron chi connectivity index (χ4n) is 1.60. The van der Waals surface area contributed by atoms with Gasteiger partial charge in [0.15, 0.2) is 0 Å². The Hall–Kier alpha value is -0.970. The molecule has 0 unspecified atom stereocenters. The average Bonchev–Trinajstić information content (AvgIpc) is 2.73. The number of hydrogen-bond acceptors (Lipinski definition) is 3. The summed E-state index contributed by atoms with van der Waals surface area (Å²) in [6.45, 7) is 0.563. The highest BCUT2D eigenvalue weighted by atomic mass is 35.5. The van der Waals surface area contributed by atoms with Gasteiger partial charge in [0.05, 0.1) is 10.9 Å². The molecule has 1 aromatic heterocycles. The van der Waals surface area contributed by atoms with Gasteiger partial charge < -0.3 is 4.90 Å². The Morgan fingerprint density at radius 3 is 2.78 bits per heavy atom. The molecule has 0 saturated heterocycles. The van der Waals surface area contributed by atoms with E-state index in [0.717, 1.165) is 14.1 Å². The van der Waals surface area contributed by atoms with Crippen molar-refractivity contribution in [2.75, 3.05) is 7.05 Å². The van der Waals surface area contributed by atoms with Gasteiger partial charge in [0.2, 0.25) is 0 Å². The third-order valence-corrected chi connectivity index (χ3v) is 3.96. The normalized spacial score (nSPS) is 10.4. The van der Waals surface area contributed by atoms with Crippen LogP contribution in [0.5, 0.6) is 0 Å². The molecular weight excluding hydrogens is 286 g/mol. The van der Waals surface area contributed by atoms with E-state index in [0.29, 0.717) is 12.1 Å². The van der Waals surface area contributed by atoms with Gasteiger partial charge >= 0.3 is 0 Å². The van der Waals surface area contributed by atoms with E-state index in [1.807, 2.05) is 24.3 Å². The van der Waals surface area contributed by atoms with Crippen molar-refractivity contribution < 1.29 is 4.79 Å². The summed E-state index contributed by atoms with van der Waals surface area (Å²) in [5.41, 5.74) is 0.646. The maximum atomic E-state index is 12.2. The number of benzene rings is 1. The van der Waals surface area contributed by atoms with Gasteiger partial charge in [0.1, 0.15) is 0 Å². The summed E-state index contributed by atoms with van der Waals surface area (Å²) in [6, 6.07) is 11.0. The first kappa shape index (κ1) is 13.5. The monoisotopic (exact) mass is 297 g/mol. The lowest BCUT2D eigenvalue weighted by Gasteiger charge is -2.16. The number of rotatable bonds is 3. The minimum atomic E-state index is -0.0181. The molecular formula is C13H12ClNOS2. The molecule has 5 heteroatoms. The number of hydrogen-bond donors (Lipinski definition) is 1. The Kier molecular flexibility index (Phi) is 4.32. The van der Waals surface area contributed by atoms with E-state index in [1.54, 1.807) is 24.1 Å². The topological polar surface area (TPSA) is 20.3 Å². The van der Waals surface area contributed by atoms with E-state index in [1.165, 1.54) is 11.3 Å². The minimum Gasteiger partial charge on any atom is -0.337 e. The first-order valence-electron chi connectivity index (χ1n) is 5.35. The molecule has 0 aliphatic rings. The molecule has 0 aliphatic heterocycles. The van der Waals surface area contributed by atoms with Crippen LogP contribution >= 0.6 is 35.6 Å². The third-order valence-electron chi connectivity index (χ3n) is 2.46. The second kappa shape index (κ2) is 5.78. The van der Waals surface area contributed by atoms with E-state index >= 15 is 0 Å². The van der Waals surface area contributed by atoms with Crippen molar-refractivity contribution in [2.45, 2.75) is 11.4 Å². The first-order chi connectivity index (χ1) is 8.56. The number of thiophene rings is 1. The molecule has 0 fully saturated rings. The maximum Gasteiger partial charge on any atom is 0.253 e. The van der Waals surface area contributed by atoms with Gasteiger partial charge in [-0.3, -0.25) is 4.79 Å². The third kappa shape index (κ3) is 3.28. The predicted octanol–water partition coefficient (Wildman–Crippen LogP) is 3.96. The van der Waals surface area contributed by atoms with Gasteiger partial charge in [-0.2, -0.15) is 0 Å². The van der Waals surface area contributed by atoms with Crippen molar-refractivity contribution in [3.05, 3.63) is 51.2 Å². The molecule has 1 amide bonds. The van der Waals surface area contributed by atoms with Crippen LogP contribution < -0.4 is 0 Å². The van der Waals surface area contributed by atoms with Crippen LogP contribution in [0.15, 0.2) is 41.3 Å². The molecule has 1 heterocycles. The molecule has 0 saturated carbocycles. The summed E-state index contributed by atoms with van der Waals surface area (Å²) in [5, 5.41) is 0. The highest BCUT2D eigenvalue weighted by Crippen LogP contribution is 2.23. The molecule has 0 bridgehead atoms. The molecule has 0 spiro atoms. The summed E-state index contributed by atoms with van der Waals surface area (Å²) in [6.07, 6.45) is 0. The van der Waals surface area contributed by atoms with Gasteiger partial charge in [0, 0.05) is 22.4 Å². The molecule has 1 aromatic carbocycles. The molecule has 2 rings (SSSR count). The van der Waals surface area contributed by atoms with Crippen LogP contribution in [0, 0.1) is 0 Å². The molecule has 2 nitrogen and oxygen atoms in total. The summed E-state index contributed by atoms with van der Waals surface area (Å²) < 4.78 is 0.739. The van der Waals surface area contributed by atoms with Crippen molar-refractivity contribution >= 4 is 41.5 Å². The number of thiol groups is 1. The van der Waals surface area contributed by atoms with E-state index in [9.17, 15) is 4.79 Å². The number of carbonyl (C=O) groups excluding carboxylic acids is 1. The highest BCUT2D eigenvalue weighted by molar-refractivity contribution is 7.80. The molecule has 0 radical (unpaired) electrons. The molecule has 0 aliphatic carbocycles. The Bertz CT molecular complexity index is 568. The lowest BCUT2D eigenvalue weighted by Crippen LogP contribution is -2.25. The molecule has 2 aromatic rings. The molecule has 94 valence electrons. The van der Waals surface area contributed by atoms with Crippen molar-refractivity contribution in [3.8, 4) is 0 Å². The number of nitrogens with zero attached hydrogens (tertiary/aromatic N) is 1. The maximum absolute atomic E-state index is 12.2. The van der Waals surface area contributed by atoms with Crippen LogP contribution in [0.2, 0.25) is 4.34 Å². The van der Waals surface area contributed by atoms with Gasteiger partial charge in [-0.25, -0.2) is 0 Å². The van der Waals surface area contributed by atoms with Gasteiger partial charge in [-0.1, -0.05) is 17.7 Å². The highest BCUT2D eigenvalue weighted by Gasteiger charge is 2.12. The fourth-order valence-corrected chi connectivity index (χ4v) is 2.97. The van der Waals surface area contributed by atoms with Crippen molar-refractivity contribution in [1.29, 1.82) is 0 Å². The van der Waals surface area contributed by atoms with Crippen LogP contribution in [-0.2, 0) is 6.54 Å². The van der Waals surface area contributed by atoms with Crippen LogP contribution in [0.3, 0.4) is 0 Å². The fraction of sp³-hybridized carbons (Fsp3) is 0.154. The minimum absolute atomic E-state index is 0.0181. The summed E-state index contributed by atoms with van der Waals surface area (Å²) >= 11 is 11.6. The molecule has 0 N–H and O–H groups in total. The zero-order valence-corrected chi connectivity index (χ0v) is 12.2. The van der Waals surface area contributed by atoms with Crippen LogP contribution in [-0.4, -0.2) is 17.9 Å². The average molecular weight is 298 g/mol. The van der Waals surface area contributed by atoms with E-state index in [4.69, 9.17) is 11.6 Å². The smallest absolute Gasteiger partial charge is 0.253 e. The number of carbonyl (C=O) groups is 1. The lowest BCUT2D eigenvalue weighted by molar-refractivity contribution is 0.0786. The number of amides is 1. The molecule has 0 atom stereocenters. The zero-order valence-electron chi connectivity index (χ0n) is 9.76. The lowest BCUT2D eigenvalue weighted by atomic mass is 10.2. The molecule has 18 heavy (non-hydrogen) atoms. The summed E-state index contributed by atoms with van der Waals surface area (Å²) in [4.78, 5) is 15.7. The number of halogens is 1. The van der Waals surface area contributed by atoms with Gasteiger partial charge in [-0.15, -0.1) is 24.0 Å². The zero-order chi connectivity index (χ0) is 13.1. The standard InChI is InChI=1S/C13H12ClNOS2/c1-15(8-11-5-6-12(14)18-11)13(16)9-3-2-4-10(17)7-9/h2-7,17H,8H2,1H3. The van der Waals surface area contributed by atoms with Crippen molar-refractivity contribution in [2.24, 2.45) is 0 Å². The largest absolute Gasteiger partial charge is 0.337 e. The van der Waals surface area contributed by atoms with Crippen LogP contribution in [0.25, 0.3) is 0 Å². The SMILES string of the molecule is CN(Cc1ccc(Cl)s1)C(=O)c1cccc(S)c1. The van der Waals surface area contributed by atoms with E-state index < -0.39 is 0 Å². The van der Waals surface area contributed by atoms with Crippen LogP contribution in [0.1, 0.15) is 15.2 Å². The Morgan fingerprint density at radius 2 is 2.17 bits per heavy atom. The van der Waals surface area contributed by atoms with Crippen LogP contribution in [0.4, 0.5) is 0 Å². The summed E-state index contributed by atoms with van der Waals surface area (Å²) in [7, 11) is 1.78. The Morgan fingerprint density at radius 1 is 1.39 bits per heavy atom. The Balaban J connectivity index is 2.09. The van der Waals surface area contributed by atoms with E-state index in [-0.39, 0.29) is 5.91 Å². The first-order valence-corrected chi connectivity index (χ1v) is 6.99. The van der Waals surface area contributed by atoms with Gasteiger partial charge in [0.25, 0.3) is 5.91 Å². The quantitative estimate of drug-likeness (QED) is 0.850. The van der Waals surface area contributed by atoms with Gasteiger partial charge in [-0.05, 0) is 30.3 Å². The second-order valence-electron chi connectivity index (χ2n) is 3.92. The Labute approximate surface area is 121 Å². The summed E-state index contributed by atoms with van der Waals surface area (Å²) in [5.74, 6) is -0.0181. The second-order valence-corrected chi connectivity index (χ2v) is 6.23. The predicted molar refractivity (Wildman–Crippen MR) is 78.8 cm³/mol. The van der Waals surface area contributed by atoms with Crippen molar-refractivity contribution in [3.63, 3.8) is 0 Å². The van der Waals surface area contributed by atoms with Crippen molar-refractivity contribution in [1.82, 2.24) is 4.90 Å². The van der Waals surface area contributed by atoms with E-state index in [2.05, 4.69) is 12.6 Å².